The lowest BCUT2D eigenvalue weighted by Crippen LogP contribution is -2.44. The zero-order valence-corrected chi connectivity index (χ0v) is 16.0. The molecule has 1 atom stereocenters. The van der Waals surface area contributed by atoms with Gasteiger partial charge in [0.25, 0.3) is 5.91 Å². The van der Waals surface area contributed by atoms with E-state index in [1.54, 1.807) is 11.9 Å². The van der Waals surface area contributed by atoms with E-state index < -0.39 is 5.54 Å². The van der Waals surface area contributed by atoms with Gasteiger partial charge in [-0.05, 0) is 31.7 Å². The Bertz CT molecular complexity index is 700. The molecule has 7 heteroatoms. The monoisotopic (exact) mass is 372 g/mol. The molecule has 1 spiro atoms. The summed E-state index contributed by atoms with van der Waals surface area (Å²) < 4.78 is 0. The predicted octanol–water partition coefficient (Wildman–Crippen LogP) is 2.64. The number of hydrogen-bond acceptors (Lipinski definition) is 3. The average Bonchev–Trinajstić information content (AvgIpc) is 3.24. The number of hydrogen-bond donors (Lipinski definition) is 2. The molecule has 146 valence electrons. The number of nitrogens with one attached hydrogen (secondary N) is 2. The van der Waals surface area contributed by atoms with Crippen molar-refractivity contribution in [2.45, 2.75) is 50.6 Å². The minimum Gasteiger partial charge on any atom is -0.338 e. The van der Waals surface area contributed by atoms with Gasteiger partial charge < -0.3 is 15.5 Å². The molecule has 1 heterocycles. The van der Waals surface area contributed by atoms with Crippen molar-refractivity contribution in [1.29, 1.82) is 0 Å². The van der Waals surface area contributed by atoms with Crippen LogP contribution < -0.4 is 10.6 Å². The molecule has 0 bridgehead atoms. The Kier molecular flexibility index (Phi) is 5.68. The lowest BCUT2D eigenvalue weighted by molar-refractivity contribution is -0.131. The van der Waals surface area contributed by atoms with E-state index in [2.05, 4.69) is 10.6 Å². The van der Waals surface area contributed by atoms with E-state index in [9.17, 15) is 14.4 Å². The molecule has 1 aliphatic heterocycles. The Morgan fingerprint density at radius 2 is 1.93 bits per heavy atom. The summed E-state index contributed by atoms with van der Waals surface area (Å²) in [5.41, 5.74) is 0.405. The van der Waals surface area contributed by atoms with Crippen LogP contribution in [0.25, 0.3) is 0 Å². The molecule has 2 aliphatic rings. The Morgan fingerprint density at radius 1 is 1.26 bits per heavy atom. The number of carbonyl (C=O) groups is 3. The largest absolute Gasteiger partial charge is 0.338 e. The van der Waals surface area contributed by atoms with E-state index in [4.69, 9.17) is 0 Å². The quantitative estimate of drug-likeness (QED) is 0.595. The van der Waals surface area contributed by atoms with Crippen LogP contribution in [0.15, 0.2) is 30.3 Å². The zero-order valence-electron chi connectivity index (χ0n) is 16.0. The van der Waals surface area contributed by atoms with Crippen LogP contribution in [0.3, 0.4) is 0 Å². The van der Waals surface area contributed by atoms with Gasteiger partial charge in [0.1, 0.15) is 5.54 Å². The van der Waals surface area contributed by atoms with Crippen molar-refractivity contribution < 1.29 is 14.4 Å². The normalized spacial score (nSPS) is 19.3. The van der Waals surface area contributed by atoms with E-state index in [1.807, 2.05) is 37.3 Å². The summed E-state index contributed by atoms with van der Waals surface area (Å²) in [5, 5.41) is 5.74. The molecule has 1 saturated carbocycles. The summed E-state index contributed by atoms with van der Waals surface area (Å²) in [6, 6.07) is 9.32. The molecule has 7 nitrogen and oxygen atoms in total. The summed E-state index contributed by atoms with van der Waals surface area (Å²) in [7, 11) is 1.76. The SMILES string of the molecule is CC(c1ccccc1)N(C)C(=O)NCCCN1C(=O)NC2(CCCC2)C1=O. The molecule has 1 unspecified atom stereocenters. The maximum Gasteiger partial charge on any atom is 0.325 e. The summed E-state index contributed by atoms with van der Waals surface area (Å²) in [4.78, 5) is 40.0. The second-order valence-corrected chi connectivity index (χ2v) is 7.46. The van der Waals surface area contributed by atoms with E-state index >= 15 is 0 Å². The number of amides is 5. The molecule has 0 aromatic heterocycles. The van der Waals surface area contributed by atoms with Crippen molar-refractivity contribution in [2.24, 2.45) is 0 Å². The molecular weight excluding hydrogens is 344 g/mol. The van der Waals surface area contributed by atoms with Crippen molar-refractivity contribution in [1.82, 2.24) is 20.4 Å². The number of rotatable bonds is 6. The van der Waals surface area contributed by atoms with Gasteiger partial charge in [-0.15, -0.1) is 0 Å². The van der Waals surface area contributed by atoms with Crippen LogP contribution in [0.1, 0.15) is 50.6 Å². The topological polar surface area (TPSA) is 81.8 Å². The minimum absolute atomic E-state index is 0.0423. The third-order valence-electron chi connectivity index (χ3n) is 5.72. The molecule has 5 amide bonds. The van der Waals surface area contributed by atoms with Crippen LogP contribution in [-0.4, -0.2) is 53.4 Å². The first kappa shape index (κ1) is 19.2. The van der Waals surface area contributed by atoms with Crippen molar-refractivity contribution in [3.05, 3.63) is 35.9 Å². The van der Waals surface area contributed by atoms with Gasteiger partial charge in [-0.25, -0.2) is 9.59 Å². The van der Waals surface area contributed by atoms with Gasteiger partial charge in [-0.2, -0.15) is 0 Å². The Balaban J connectivity index is 1.44. The number of nitrogens with zero attached hydrogens (tertiary/aromatic N) is 2. The predicted molar refractivity (Wildman–Crippen MR) is 102 cm³/mol. The van der Waals surface area contributed by atoms with Gasteiger partial charge in [0.05, 0.1) is 6.04 Å². The highest BCUT2D eigenvalue weighted by Crippen LogP contribution is 2.34. The minimum atomic E-state index is -0.661. The van der Waals surface area contributed by atoms with Gasteiger partial charge in [0.2, 0.25) is 0 Å². The molecule has 1 aromatic rings. The first-order valence-electron chi connectivity index (χ1n) is 9.64. The van der Waals surface area contributed by atoms with Crippen LogP contribution in [0, 0.1) is 0 Å². The lowest BCUT2D eigenvalue weighted by Gasteiger charge is -2.25. The van der Waals surface area contributed by atoms with Crippen LogP contribution in [0.2, 0.25) is 0 Å². The fraction of sp³-hybridized carbons (Fsp3) is 0.550. The maximum atomic E-state index is 12.6. The summed E-state index contributed by atoms with van der Waals surface area (Å²) >= 11 is 0. The number of urea groups is 2. The summed E-state index contributed by atoms with van der Waals surface area (Å²) in [6.07, 6.45) is 3.94. The Morgan fingerprint density at radius 3 is 2.59 bits per heavy atom. The fourth-order valence-electron chi connectivity index (χ4n) is 3.88. The Hall–Kier alpha value is -2.57. The average molecular weight is 372 g/mol. The number of benzene rings is 1. The molecule has 1 aliphatic carbocycles. The van der Waals surface area contributed by atoms with Crippen molar-refractivity contribution in [3.8, 4) is 0 Å². The molecule has 2 fully saturated rings. The standard InChI is InChI=1S/C20H28N4O3/c1-15(16-9-4-3-5-10-16)23(2)18(26)21-13-8-14-24-17(25)20(22-19(24)27)11-6-7-12-20/h3-5,9-10,15H,6-8,11-14H2,1-2H3,(H,21,26)(H,22,27). The highest BCUT2D eigenvalue weighted by molar-refractivity contribution is 6.07. The van der Waals surface area contributed by atoms with Crippen LogP contribution in [-0.2, 0) is 4.79 Å². The molecule has 3 rings (SSSR count). The second-order valence-electron chi connectivity index (χ2n) is 7.46. The van der Waals surface area contributed by atoms with Crippen molar-refractivity contribution >= 4 is 18.0 Å². The van der Waals surface area contributed by atoms with Crippen LogP contribution in [0.5, 0.6) is 0 Å². The second kappa shape index (κ2) is 7.98. The molecule has 0 radical (unpaired) electrons. The van der Waals surface area contributed by atoms with E-state index in [0.29, 0.717) is 19.5 Å². The fourth-order valence-corrected chi connectivity index (χ4v) is 3.88. The van der Waals surface area contributed by atoms with Crippen molar-refractivity contribution in [3.63, 3.8) is 0 Å². The van der Waals surface area contributed by atoms with E-state index in [0.717, 1.165) is 31.2 Å². The first-order chi connectivity index (χ1) is 12.9. The van der Waals surface area contributed by atoms with Crippen LogP contribution >= 0.6 is 0 Å². The van der Waals surface area contributed by atoms with Crippen molar-refractivity contribution in [2.75, 3.05) is 20.1 Å². The van der Waals surface area contributed by atoms with Crippen LogP contribution in [0.4, 0.5) is 9.59 Å². The first-order valence-corrected chi connectivity index (χ1v) is 9.64. The smallest absolute Gasteiger partial charge is 0.325 e. The highest BCUT2D eigenvalue weighted by atomic mass is 16.2. The molecule has 1 saturated heterocycles. The van der Waals surface area contributed by atoms with E-state index in [-0.39, 0.29) is 24.0 Å². The van der Waals surface area contributed by atoms with Gasteiger partial charge in [0.15, 0.2) is 0 Å². The maximum absolute atomic E-state index is 12.6. The highest BCUT2D eigenvalue weighted by Gasteiger charge is 2.51. The summed E-state index contributed by atoms with van der Waals surface area (Å²) in [5.74, 6) is -0.105. The van der Waals surface area contributed by atoms with Gasteiger partial charge in [0, 0.05) is 20.1 Å². The Labute approximate surface area is 160 Å². The molecule has 2 N–H and O–H groups in total. The molecule has 1 aromatic carbocycles. The van der Waals surface area contributed by atoms with Gasteiger partial charge in [-0.3, -0.25) is 9.69 Å². The number of carbonyl (C=O) groups excluding carboxylic acids is 3. The zero-order chi connectivity index (χ0) is 19.4. The third kappa shape index (κ3) is 3.91. The lowest BCUT2D eigenvalue weighted by atomic mass is 9.98. The van der Waals surface area contributed by atoms with Gasteiger partial charge in [-0.1, -0.05) is 43.2 Å². The molecule has 27 heavy (non-hydrogen) atoms. The van der Waals surface area contributed by atoms with Gasteiger partial charge >= 0.3 is 12.1 Å². The third-order valence-corrected chi connectivity index (χ3v) is 5.72. The number of imide groups is 1. The van der Waals surface area contributed by atoms with E-state index in [1.165, 1.54) is 4.90 Å². The summed E-state index contributed by atoms with van der Waals surface area (Å²) in [6.45, 7) is 2.71. The molecular formula is C20H28N4O3.